The average molecular weight is 722 g/mol. The molecule has 0 saturated carbocycles. The molecule has 0 fully saturated rings. The maximum atomic E-state index is 2.57. The Balaban J connectivity index is 0.000000190. The van der Waals surface area contributed by atoms with E-state index in [1.54, 1.807) is 14.3 Å². The predicted octanol–water partition coefficient (Wildman–Crippen LogP) is 4.51. The summed E-state index contributed by atoms with van der Waals surface area (Å²) in [5.41, 5.74) is 0. The zero-order valence-corrected chi connectivity index (χ0v) is 31.8. The van der Waals surface area contributed by atoms with Crippen molar-refractivity contribution >= 4 is 80.3 Å². The minimum atomic E-state index is -0.699. The topological polar surface area (TPSA) is 0 Å². The van der Waals surface area contributed by atoms with E-state index < -0.39 is 49.4 Å². The quantitative estimate of drug-likeness (QED) is 0.258. The van der Waals surface area contributed by atoms with E-state index in [1.807, 2.05) is 0 Å². The summed E-state index contributed by atoms with van der Waals surface area (Å²) < 4.78 is 6.24. The van der Waals surface area contributed by atoms with E-state index in [9.17, 15) is 0 Å². The second-order valence-corrected chi connectivity index (χ2v) is 41.1. The average Bonchev–Trinajstić information content (AvgIpc) is 2.87. The third-order valence-corrected chi connectivity index (χ3v) is 43.6. The van der Waals surface area contributed by atoms with Gasteiger partial charge in [0.1, 0.15) is 0 Å². The fraction of sp³-hybridized carbons (Fsp3) is 0.200. The van der Waals surface area contributed by atoms with Crippen molar-refractivity contribution in [2.45, 2.75) is 39.3 Å². The van der Waals surface area contributed by atoms with Gasteiger partial charge in [-0.15, -0.1) is 0 Å². The van der Waals surface area contributed by atoms with E-state index in [2.05, 4.69) is 161 Å². The summed E-state index contributed by atoms with van der Waals surface area (Å²) in [5, 5.41) is 0. The first-order valence-electron chi connectivity index (χ1n) is 12.3. The standard InChI is InChI=1S/C6H18Si3.4C6H5.2Sn.2H/c1-7(2)9(5,6)8(3)4;4*1-2-4-6-5-3-1;;;;/h1-6H3;4*1-5H;;;;. The second kappa shape index (κ2) is 16.8. The first-order valence-corrected chi connectivity index (χ1v) is 28.9. The summed E-state index contributed by atoms with van der Waals surface area (Å²) in [5.74, 6) is 0. The van der Waals surface area contributed by atoms with Gasteiger partial charge in [-0.1, -0.05) is 39.3 Å². The normalized spacial score (nSPS) is 10.7. The van der Waals surface area contributed by atoms with E-state index in [1.165, 1.54) is 0 Å². The number of hydrogen-bond acceptors (Lipinski definition) is 0. The summed E-state index contributed by atoms with van der Waals surface area (Å²) in [6, 6.07) is 43.3. The van der Waals surface area contributed by atoms with Gasteiger partial charge in [-0.3, -0.25) is 0 Å². The Labute approximate surface area is 238 Å². The van der Waals surface area contributed by atoms with Crippen LogP contribution in [0.2, 0.25) is 39.3 Å². The molecule has 5 heteroatoms. The Morgan fingerprint density at radius 1 is 0.400 bits per heavy atom. The van der Waals surface area contributed by atoms with Crippen LogP contribution < -0.4 is 14.3 Å². The second-order valence-electron chi connectivity index (χ2n) is 9.56. The van der Waals surface area contributed by atoms with E-state index in [-0.39, 0.29) is 16.6 Å². The van der Waals surface area contributed by atoms with Gasteiger partial charge >= 0.3 is 178 Å². The molecule has 4 radical (unpaired) electrons. The molecule has 0 N–H and O–H groups in total. The molecule has 0 heterocycles. The molecule has 180 valence electrons. The van der Waals surface area contributed by atoms with Crippen molar-refractivity contribution in [2.24, 2.45) is 0 Å². The summed E-state index contributed by atoms with van der Waals surface area (Å²) in [7, 11) is -0.507. The summed E-state index contributed by atoms with van der Waals surface area (Å²) in [4.78, 5) is 0. The van der Waals surface area contributed by atoms with Gasteiger partial charge in [0, 0.05) is 23.7 Å². The maximum absolute atomic E-state index is 2.57. The van der Waals surface area contributed by atoms with Crippen LogP contribution in [0.4, 0.5) is 0 Å². The van der Waals surface area contributed by atoms with Gasteiger partial charge in [-0.2, -0.15) is 0 Å². The van der Waals surface area contributed by atoms with Crippen molar-refractivity contribution in [1.82, 2.24) is 0 Å². The molecule has 4 rings (SSSR count). The van der Waals surface area contributed by atoms with Gasteiger partial charge in [0.15, 0.2) is 0 Å². The molecule has 0 aliphatic carbocycles. The van der Waals surface area contributed by atoms with Gasteiger partial charge in [-0.25, -0.2) is 0 Å². The van der Waals surface area contributed by atoms with E-state index in [0.717, 1.165) is 0 Å². The first-order chi connectivity index (χ1) is 16.8. The molecule has 0 aromatic heterocycles. The molecule has 4 aromatic rings. The van der Waals surface area contributed by atoms with Crippen molar-refractivity contribution in [3.8, 4) is 0 Å². The van der Waals surface area contributed by atoms with Crippen molar-refractivity contribution in [2.75, 3.05) is 0 Å². The van der Waals surface area contributed by atoms with Gasteiger partial charge in [0.2, 0.25) is 0 Å². The summed E-state index contributed by atoms with van der Waals surface area (Å²) in [6.07, 6.45) is 0. The Morgan fingerprint density at radius 3 is 0.743 bits per heavy atom. The van der Waals surface area contributed by atoms with Crippen LogP contribution in [-0.2, 0) is 0 Å². The van der Waals surface area contributed by atoms with Gasteiger partial charge in [0.05, 0.1) is 0 Å². The minimum absolute atomic E-state index is 0.0738. The molecule has 0 bridgehead atoms. The van der Waals surface area contributed by atoms with Gasteiger partial charge < -0.3 is 0 Å². The van der Waals surface area contributed by atoms with Crippen molar-refractivity contribution in [3.05, 3.63) is 121 Å². The first kappa shape index (κ1) is 30.4. The van der Waals surface area contributed by atoms with Gasteiger partial charge in [-0.05, 0) is 0 Å². The van der Waals surface area contributed by atoms with Crippen LogP contribution in [0.25, 0.3) is 0 Å². The van der Waals surface area contributed by atoms with Crippen LogP contribution in [-0.4, -0.2) is 66.0 Å². The molecule has 0 aliphatic heterocycles. The monoisotopic (exact) mass is 724 g/mol. The molecule has 0 aliphatic rings. The van der Waals surface area contributed by atoms with Crippen LogP contribution >= 0.6 is 0 Å². The zero-order valence-electron chi connectivity index (χ0n) is 22.2. The Morgan fingerprint density at radius 2 is 0.600 bits per heavy atom. The van der Waals surface area contributed by atoms with Crippen LogP contribution in [0.3, 0.4) is 0 Å². The Kier molecular flexibility index (Phi) is 14.6. The molecular formula is C30H40Si3Sn2. The Bertz CT molecular complexity index is 894. The number of rotatable bonds is 6. The van der Waals surface area contributed by atoms with E-state index in [0.29, 0.717) is 0 Å². The number of hydrogen-bond donors (Lipinski definition) is 0. The van der Waals surface area contributed by atoms with E-state index in [4.69, 9.17) is 0 Å². The van der Waals surface area contributed by atoms with Gasteiger partial charge in [0.25, 0.3) is 0 Å². The fourth-order valence-electron chi connectivity index (χ4n) is 3.08. The zero-order chi connectivity index (χ0) is 25.5. The molecular weight excluding hydrogens is 682 g/mol. The van der Waals surface area contributed by atoms with Crippen LogP contribution in [0.15, 0.2) is 121 Å². The van der Waals surface area contributed by atoms with Crippen molar-refractivity contribution in [1.29, 1.82) is 0 Å². The summed E-state index contributed by atoms with van der Waals surface area (Å²) >= 11 is -1.40. The molecule has 0 saturated heterocycles. The summed E-state index contributed by atoms with van der Waals surface area (Å²) in [6.45, 7) is 15.1. The molecule has 35 heavy (non-hydrogen) atoms. The molecule has 0 nitrogen and oxygen atoms in total. The molecule has 0 atom stereocenters. The van der Waals surface area contributed by atoms with Crippen LogP contribution in [0.5, 0.6) is 0 Å². The molecule has 0 amide bonds. The third kappa shape index (κ3) is 12.3. The SMILES string of the molecule is C[Si](C)[Si](C)(C)[Si](C)C.c1cc[c]([SnH][c]2ccccc2)cc1.c1cc[c]([SnH][c]2ccccc2)cc1. The van der Waals surface area contributed by atoms with Crippen LogP contribution in [0.1, 0.15) is 0 Å². The van der Waals surface area contributed by atoms with Crippen molar-refractivity contribution < 1.29 is 0 Å². The molecule has 4 aromatic carbocycles. The molecule has 0 spiro atoms. The van der Waals surface area contributed by atoms with Crippen molar-refractivity contribution in [3.63, 3.8) is 0 Å². The van der Waals surface area contributed by atoms with Crippen LogP contribution in [0, 0.1) is 0 Å². The number of benzene rings is 4. The third-order valence-electron chi connectivity index (χ3n) is 6.36. The predicted molar refractivity (Wildman–Crippen MR) is 171 cm³/mol. The Hall–Kier alpha value is -0.872. The van der Waals surface area contributed by atoms with E-state index >= 15 is 0 Å². The molecule has 0 unspecified atom stereocenters. The fourth-order valence-corrected chi connectivity index (χ4v) is 23.0.